The molecule has 0 amide bonds. The quantitative estimate of drug-likeness (QED) is 0.811. The molecule has 17 heavy (non-hydrogen) atoms. The maximum atomic E-state index is 12.1. The van der Waals surface area contributed by atoms with E-state index >= 15 is 0 Å². The zero-order valence-electron chi connectivity index (χ0n) is 10.7. The average molecular weight is 256 g/mol. The molecule has 0 bridgehead atoms. The first-order chi connectivity index (χ1) is 7.63. The zero-order valence-corrected chi connectivity index (χ0v) is 11.6. The van der Waals surface area contributed by atoms with Crippen molar-refractivity contribution in [2.45, 2.75) is 32.6 Å². The van der Waals surface area contributed by atoms with Crippen LogP contribution in [0, 0.1) is 12.3 Å². The summed E-state index contributed by atoms with van der Waals surface area (Å²) >= 11 is 0. The van der Waals surface area contributed by atoms with Gasteiger partial charge in [0.05, 0.1) is 4.90 Å². The van der Waals surface area contributed by atoms with Crippen LogP contribution in [0.25, 0.3) is 0 Å². The zero-order chi connectivity index (χ0) is 13.3. The predicted molar refractivity (Wildman–Crippen MR) is 70.2 cm³/mol. The first-order valence-corrected chi connectivity index (χ1v) is 6.96. The number of sulfonamides is 1. The molecular weight excluding hydrogens is 236 g/mol. The minimum absolute atomic E-state index is 0.0959. The highest BCUT2D eigenvalue weighted by Gasteiger charge is 2.20. The Kier molecular flexibility index (Phi) is 3.84. The summed E-state index contributed by atoms with van der Waals surface area (Å²) in [5.74, 6) is 0. The highest BCUT2D eigenvalue weighted by atomic mass is 32.2. The van der Waals surface area contributed by atoms with Gasteiger partial charge in [-0.25, -0.2) is 13.1 Å². The van der Waals surface area contributed by atoms with Crippen molar-refractivity contribution in [2.24, 2.45) is 5.41 Å². The van der Waals surface area contributed by atoms with Gasteiger partial charge in [-0.15, -0.1) is 0 Å². The number of nitrogens with one attached hydrogen (secondary N) is 1. The van der Waals surface area contributed by atoms with E-state index < -0.39 is 10.0 Å². The van der Waals surface area contributed by atoms with Gasteiger partial charge in [0.2, 0.25) is 10.0 Å². The van der Waals surface area contributed by atoms with Gasteiger partial charge in [0.1, 0.15) is 0 Å². The van der Waals surface area contributed by atoms with Gasteiger partial charge in [-0.1, -0.05) is 26.8 Å². The fourth-order valence-corrected chi connectivity index (χ4v) is 2.87. The van der Waals surface area contributed by atoms with E-state index in [0.29, 0.717) is 17.8 Å². The summed E-state index contributed by atoms with van der Waals surface area (Å²) < 4.78 is 26.8. The van der Waals surface area contributed by atoms with Gasteiger partial charge < -0.3 is 5.73 Å². The van der Waals surface area contributed by atoms with E-state index in [4.69, 9.17) is 5.73 Å². The van der Waals surface area contributed by atoms with Crippen LogP contribution < -0.4 is 10.5 Å². The van der Waals surface area contributed by atoms with Crippen LogP contribution in [0.3, 0.4) is 0 Å². The Morgan fingerprint density at radius 2 is 1.88 bits per heavy atom. The number of hydrogen-bond acceptors (Lipinski definition) is 3. The Balaban J connectivity index is 3.02. The van der Waals surface area contributed by atoms with Crippen molar-refractivity contribution in [1.29, 1.82) is 0 Å². The van der Waals surface area contributed by atoms with Crippen LogP contribution in [-0.4, -0.2) is 15.0 Å². The van der Waals surface area contributed by atoms with E-state index in [2.05, 4.69) is 4.72 Å². The molecule has 0 spiro atoms. The molecule has 0 aliphatic heterocycles. The van der Waals surface area contributed by atoms with E-state index in [1.807, 2.05) is 20.8 Å². The lowest BCUT2D eigenvalue weighted by Crippen LogP contribution is -2.32. The number of nitrogen functional groups attached to an aromatic ring is 1. The van der Waals surface area contributed by atoms with Gasteiger partial charge in [0, 0.05) is 12.2 Å². The van der Waals surface area contributed by atoms with Crippen LogP contribution in [-0.2, 0) is 10.0 Å². The van der Waals surface area contributed by atoms with Gasteiger partial charge in [-0.3, -0.25) is 0 Å². The van der Waals surface area contributed by atoms with Crippen LogP contribution >= 0.6 is 0 Å². The third kappa shape index (κ3) is 3.71. The third-order valence-electron chi connectivity index (χ3n) is 2.41. The third-order valence-corrected chi connectivity index (χ3v) is 3.95. The van der Waals surface area contributed by atoms with Crippen molar-refractivity contribution >= 4 is 15.7 Å². The lowest BCUT2D eigenvalue weighted by atomic mass is 9.98. The summed E-state index contributed by atoms with van der Waals surface area (Å²) in [7, 11) is -3.48. The van der Waals surface area contributed by atoms with Gasteiger partial charge in [0.25, 0.3) is 0 Å². The molecule has 0 atom stereocenters. The molecule has 0 saturated heterocycles. The van der Waals surface area contributed by atoms with E-state index in [1.54, 1.807) is 25.1 Å². The van der Waals surface area contributed by atoms with Crippen LogP contribution in [0.4, 0.5) is 5.69 Å². The molecule has 0 aromatic heterocycles. The highest BCUT2D eigenvalue weighted by molar-refractivity contribution is 7.89. The molecule has 0 fully saturated rings. The Morgan fingerprint density at radius 1 is 1.29 bits per heavy atom. The first kappa shape index (κ1) is 14.0. The van der Waals surface area contributed by atoms with Gasteiger partial charge in [-0.2, -0.15) is 0 Å². The lowest BCUT2D eigenvalue weighted by Gasteiger charge is -2.19. The SMILES string of the molecule is Cc1c(N)cccc1S(=O)(=O)NCC(C)(C)C. The standard InChI is InChI=1S/C12H20N2O2S/c1-9-10(13)6-5-7-11(9)17(15,16)14-8-12(2,3)4/h5-7,14H,8,13H2,1-4H3. The lowest BCUT2D eigenvalue weighted by molar-refractivity contribution is 0.407. The maximum Gasteiger partial charge on any atom is 0.240 e. The van der Waals surface area contributed by atoms with Crippen LogP contribution in [0.5, 0.6) is 0 Å². The molecule has 0 aliphatic carbocycles. The summed E-state index contributed by atoms with van der Waals surface area (Å²) in [5.41, 5.74) is 6.69. The van der Waals surface area contributed by atoms with Gasteiger partial charge in [0.15, 0.2) is 0 Å². The van der Waals surface area contributed by atoms with Crippen molar-refractivity contribution < 1.29 is 8.42 Å². The molecule has 0 heterocycles. The largest absolute Gasteiger partial charge is 0.398 e. The minimum atomic E-state index is -3.48. The summed E-state index contributed by atoms with van der Waals surface area (Å²) in [5, 5.41) is 0. The normalized spacial score (nSPS) is 12.7. The molecule has 0 unspecified atom stereocenters. The van der Waals surface area contributed by atoms with Crippen LogP contribution in [0.2, 0.25) is 0 Å². The number of benzene rings is 1. The monoisotopic (exact) mass is 256 g/mol. The minimum Gasteiger partial charge on any atom is -0.398 e. The fourth-order valence-electron chi connectivity index (χ4n) is 1.31. The van der Waals surface area contributed by atoms with Crippen molar-refractivity contribution in [3.05, 3.63) is 23.8 Å². The van der Waals surface area contributed by atoms with Gasteiger partial charge >= 0.3 is 0 Å². The smallest absolute Gasteiger partial charge is 0.240 e. The fraction of sp³-hybridized carbons (Fsp3) is 0.500. The number of anilines is 1. The predicted octanol–water partition coefficient (Wildman–Crippen LogP) is 1.90. The average Bonchev–Trinajstić information content (AvgIpc) is 2.18. The molecule has 0 aliphatic rings. The summed E-state index contributed by atoms with van der Waals surface area (Å²) in [6.45, 7) is 8.02. The molecule has 1 aromatic carbocycles. The Labute approximate surface area is 103 Å². The summed E-state index contributed by atoms with van der Waals surface area (Å²) in [4.78, 5) is 0.252. The second-order valence-corrected chi connectivity index (χ2v) is 7.09. The molecule has 3 N–H and O–H groups in total. The van der Waals surface area contributed by atoms with E-state index in [-0.39, 0.29) is 10.3 Å². The van der Waals surface area contributed by atoms with Gasteiger partial charge in [-0.05, 0) is 30.0 Å². The molecule has 1 aromatic rings. The first-order valence-electron chi connectivity index (χ1n) is 5.48. The molecule has 0 radical (unpaired) electrons. The number of nitrogens with two attached hydrogens (primary N) is 1. The Bertz CT molecular complexity index is 502. The molecule has 4 nitrogen and oxygen atoms in total. The number of rotatable bonds is 3. The van der Waals surface area contributed by atoms with E-state index in [9.17, 15) is 8.42 Å². The topological polar surface area (TPSA) is 72.2 Å². The van der Waals surface area contributed by atoms with Crippen LogP contribution in [0.15, 0.2) is 23.1 Å². The van der Waals surface area contributed by atoms with Crippen molar-refractivity contribution in [3.63, 3.8) is 0 Å². The molecule has 1 rings (SSSR count). The molecule has 5 heteroatoms. The van der Waals surface area contributed by atoms with E-state index in [0.717, 1.165) is 0 Å². The van der Waals surface area contributed by atoms with E-state index in [1.165, 1.54) is 0 Å². The second kappa shape index (κ2) is 4.66. The summed E-state index contributed by atoms with van der Waals surface area (Å²) in [6, 6.07) is 4.91. The second-order valence-electron chi connectivity index (χ2n) is 5.36. The van der Waals surface area contributed by atoms with Crippen molar-refractivity contribution in [3.8, 4) is 0 Å². The molecule has 96 valence electrons. The molecular formula is C12H20N2O2S. The maximum absolute atomic E-state index is 12.1. The highest BCUT2D eigenvalue weighted by Crippen LogP contribution is 2.21. The molecule has 0 saturated carbocycles. The number of hydrogen-bond donors (Lipinski definition) is 2. The Morgan fingerprint density at radius 3 is 2.41 bits per heavy atom. The van der Waals surface area contributed by atoms with Crippen molar-refractivity contribution in [1.82, 2.24) is 4.72 Å². The van der Waals surface area contributed by atoms with Crippen LogP contribution in [0.1, 0.15) is 26.3 Å². The summed E-state index contributed by atoms with van der Waals surface area (Å²) in [6.07, 6.45) is 0. The van der Waals surface area contributed by atoms with Crippen molar-refractivity contribution in [2.75, 3.05) is 12.3 Å². The Hall–Kier alpha value is -1.07.